The number of rotatable bonds is 4. The van der Waals surface area contributed by atoms with E-state index in [0.29, 0.717) is 18.2 Å². The molecule has 18 heavy (non-hydrogen) atoms. The van der Waals surface area contributed by atoms with Gasteiger partial charge in [0, 0.05) is 11.8 Å². The van der Waals surface area contributed by atoms with E-state index in [1.165, 1.54) is 0 Å². The Morgan fingerprint density at radius 1 is 1.22 bits per heavy atom. The Kier molecular flexibility index (Phi) is 3.67. The lowest BCUT2D eigenvalue weighted by atomic mass is 10.1. The standard InChI is InChI=1S/C14H16N2O2/c1-10-5-6-12(17-2)11(8-10)9-18-13-4-3-7-16-14(13)15/h3-8H,9H2,1-2H3,(H2,15,16). The molecule has 0 saturated carbocycles. The quantitative estimate of drug-likeness (QED) is 0.898. The summed E-state index contributed by atoms with van der Waals surface area (Å²) in [7, 11) is 1.65. The fourth-order valence-electron chi connectivity index (χ4n) is 1.70. The number of aryl methyl sites for hydroxylation is 1. The molecule has 0 amide bonds. The molecular weight excluding hydrogens is 228 g/mol. The van der Waals surface area contributed by atoms with Crippen LogP contribution in [0.25, 0.3) is 0 Å². The third-order valence-electron chi connectivity index (χ3n) is 2.62. The Hall–Kier alpha value is -2.23. The van der Waals surface area contributed by atoms with Crippen molar-refractivity contribution in [3.05, 3.63) is 47.7 Å². The zero-order valence-electron chi connectivity index (χ0n) is 10.5. The molecule has 0 aliphatic carbocycles. The number of methoxy groups -OCH3 is 1. The van der Waals surface area contributed by atoms with Crippen LogP contribution in [0.15, 0.2) is 36.5 Å². The van der Waals surface area contributed by atoms with Crippen molar-refractivity contribution < 1.29 is 9.47 Å². The van der Waals surface area contributed by atoms with Gasteiger partial charge in [0.15, 0.2) is 11.6 Å². The molecule has 1 heterocycles. The Bertz CT molecular complexity index is 541. The predicted molar refractivity (Wildman–Crippen MR) is 70.7 cm³/mol. The molecule has 0 fully saturated rings. The number of ether oxygens (including phenoxy) is 2. The number of nitrogens with zero attached hydrogens (tertiary/aromatic N) is 1. The highest BCUT2D eigenvalue weighted by Crippen LogP contribution is 2.23. The maximum absolute atomic E-state index is 5.72. The fraction of sp³-hybridized carbons (Fsp3) is 0.214. The lowest BCUT2D eigenvalue weighted by Gasteiger charge is -2.11. The summed E-state index contributed by atoms with van der Waals surface area (Å²) in [4.78, 5) is 3.97. The van der Waals surface area contributed by atoms with E-state index in [2.05, 4.69) is 4.98 Å². The number of pyridine rings is 1. The summed E-state index contributed by atoms with van der Waals surface area (Å²) < 4.78 is 10.9. The van der Waals surface area contributed by atoms with Gasteiger partial charge >= 0.3 is 0 Å². The molecular formula is C14H16N2O2. The lowest BCUT2D eigenvalue weighted by Crippen LogP contribution is -2.02. The molecule has 2 rings (SSSR count). The van der Waals surface area contributed by atoms with Crippen LogP contribution < -0.4 is 15.2 Å². The first kappa shape index (κ1) is 12.2. The molecule has 4 heteroatoms. The van der Waals surface area contributed by atoms with Crippen LogP contribution >= 0.6 is 0 Å². The molecule has 0 aliphatic heterocycles. The summed E-state index contributed by atoms with van der Waals surface area (Å²) >= 11 is 0. The maximum atomic E-state index is 5.72. The minimum Gasteiger partial charge on any atom is -0.496 e. The molecule has 94 valence electrons. The molecule has 0 bridgehead atoms. The first-order valence-electron chi connectivity index (χ1n) is 5.67. The van der Waals surface area contributed by atoms with Crippen LogP contribution in [0.4, 0.5) is 5.82 Å². The molecule has 0 spiro atoms. The van der Waals surface area contributed by atoms with Crippen molar-refractivity contribution in [3.63, 3.8) is 0 Å². The number of hydrogen-bond acceptors (Lipinski definition) is 4. The molecule has 1 aromatic carbocycles. The number of hydrogen-bond donors (Lipinski definition) is 1. The molecule has 4 nitrogen and oxygen atoms in total. The molecule has 0 saturated heterocycles. The molecule has 2 N–H and O–H groups in total. The van der Waals surface area contributed by atoms with E-state index in [0.717, 1.165) is 16.9 Å². The van der Waals surface area contributed by atoms with Gasteiger partial charge in [0.1, 0.15) is 12.4 Å². The number of nitrogens with two attached hydrogens (primary N) is 1. The van der Waals surface area contributed by atoms with Crippen LogP contribution in [0.2, 0.25) is 0 Å². The van der Waals surface area contributed by atoms with Crippen LogP contribution in [0.5, 0.6) is 11.5 Å². The van der Waals surface area contributed by atoms with Crippen LogP contribution in [0.3, 0.4) is 0 Å². The van der Waals surface area contributed by atoms with Crippen molar-refractivity contribution in [3.8, 4) is 11.5 Å². The van der Waals surface area contributed by atoms with E-state index >= 15 is 0 Å². The van der Waals surface area contributed by atoms with Gasteiger partial charge in [-0.2, -0.15) is 0 Å². The Morgan fingerprint density at radius 2 is 2.06 bits per heavy atom. The Balaban J connectivity index is 2.15. The van der Waals surface area contributed by atoms with Crippen LogP contribution in [-0.4, -0.2) is 12.1 Å². The predicted octanol–water partition coefficient (Wildman–Crippen LogP) is 2.56. The van der Waals surface area contributed by atoms with Crippen molar-refractivity contribution >= 4 is 5.82 Å². The SMILES string of the molecule is COc1ccc(C)cc1COc1cccnc1N. The Morgan fingerprint density at radius 3 is 2.78 bits per heavy atom. The van der Waals surface area contributed by atoms with Gasteiger partial charge in [0.05, 0.1) is 7.11 Å². The number of nitrogen functional groups attached to an aromatic ring is 1. The number of benzene rings is 1. The summed E-state index contributed by atoms with van der Waals surface area (Å²) in [6, 6.07) is 9.55. The van der Waals surface area contributed by atoms with Crippen LogP contribution in [0.1, 0.15) is 11.1 Å². The first-order valence-corrected chi connectivity index (χ1v) is 5.67. The molecule has 0 aliphatic rings. The summed E-state index contributed by atoms with van der Waals surface area (Å²) in [5, 5.41) is 0. The van der Waals surface area contributed by atoms with Crippen LogP contribution in [-0.2, 0) is 6.61 Å². The van der Waals surface area contributed by atoms with E-state index in [9.17, 15) is 0 Å². The van der Waals surface area contributed by atoms with Gasteiger partial charge in [-0.25, -0.2) is 4.98 Å². The van der Waals surface area contributed by atoms with Crippen molar-refractivity contribution in [1.82, 2.24) is 4.98 Å². The summed E-state index contributed by atoms with van der Waals surface area (Å²) in [5.74, 6) is 1.79. The van der Waals surface area contributed by atoms with E-state index in [1.807, 2.05) is 25.1 Å². The van der Waals surface area contributed by atoms with E-state index < -0.39 is 0 Å². The van der Waals surface area contributed by atoms with E-state index in [1.54, 1.807) is 25.4 Å². The topological polar surface area (TPSA) is 57.4 Å². The maximum Gasteiger partial charge on any atom is 0.166 e. The van der Waals surface area contributed by atoms with Gasteiger partial charge in [0.2, 0.25) is 0 Å². The minimum absolute atomic E-state index is 0.393. The van der Waals surface area contributed by atoms with Crippen molar-refractivity contribution in [2.24, 2.45) is 0 Å². The van der Waals surface area contributed by atoms with Crippen molar-refractivity contribution in [2.75, 3.05) is 12.8 Å². The molecule has 0 unspecified atom stereocenters. The average molecular weight is 244 g/mol. The smallest absolute Gasteiger partial charge is 0.166 e. The highest BCUT2D eigenvalue weighted by molar-refractivity contribution is 5.45. The van der Waals surface area contributed by atoms with E-state index in [4.69, 9.17) is 15.2 Å². The monoisotopic (exact) mass is 244 g/mol. The number of aromatic nitrogens is 1. The van der Waals surface area contributed by atoms with Gasteiger partial charge in [-0.3, -0.25) is 0 Å². The number of anilines is 1. The lowest BCUT2D eigenvalue weighted by molar-refractivity contribution is 0.297. The van der Waals surface area contributed by atoms with Gasteiger partial charge in [-0.1, -0.05) is 11.6 Å². The van der Waals surface area contributed by atoms with Crippen LogP contribution in [0, 0.1) is 6.92 Å². The largest absolute Gasteiger partial charge is 0.496 e. The van der Waals surface area contributed by atoms with Crippen molar-refractivity contribution in [1.29, 1.82) is 0 Å². The average Bonchev–Trinajstić information content (AvgIpc) is 2.38. The van der Waals surface area contributed by atoms with Gasteiger partial charge in [-0.05, 0) is 31.2 Å². The summed E-state index contributed by atoms with van der Waals surface area (Å²) in [6.07, 6.45) is 1.63. The third kappa shape index (κ3) is 2.71. The highest BCUT2D eigenvalue weighted by Gasteiger charge is 2.06. The molecule has 0 atom stereocenters. The zero-order chi connectivity index (χ0) is 13.0. The van der Waals surface area contributed by atoms with E-state index in [-0.39, 0.29) is 0 Å². The van der Waals surface area contributed by atoms with Crippen molar-refractivity contribution in [2.45, 2.75) is 13.5 Å². The zero-order valence-corrected chi connectivity index (χ0v) is 10.5. The second kappa shape index (κ2) is 5.40. The first-order chi connectivity index (χ1) is 8.70. The summed E-state index contributed by atoms with van der Waals surface area (Å²) in [6.45, 7) is 2.43. The molecule has 2 aromatic rings. The van der Waals surface area contributed by atoms with Gasteiger partial charge in [0.25, 0.3) is 0 Å². The normalized spacial score (nSPS) is 10.1. The molecule has 0 radical (unpaired) electrons. The third-order valence-corrected chi connectivity index (χ3v) is 2.62. The minimum atomic E-state index is 0.393. The fourth-order valence-corrected chi connectivity index (χ4v) is 1.70. The Labute approximate surface area is 106 Å². The summed E-state index contributed by atoms with van der Waals surface area (Å²) in [5.41, 5.74) is 7.87. The second-order valence-corrected chi connectivity index (χ2v) is 3.99. The van der Waals surface area contributed by atoms with Gasteiger partial charge in [-0.15, -0.1) is 0 Å². The molecule has 1 aromatic heterocycles. The highest BCUT2D eigenvalue weighted by atomic mass is 16.5. The second-order valence-electron chi connectivity index (χ2n) is 3.99. The van der Waals surface area contributed by atoms with Gasteiger partial charge < -0.3 is 15.2 Å².